The molecule has 0 fully saturated rings. The van der Waals surface area contributed by atoms with Gasteiger partial charge in [-0.2, -0.15) is 0 Å². The summed E-state index contributed by atoms with van der Waals surface area (Å²) >= 11 is 0. The van der Waals surface area contributed by atoms with Gasteiger partial charge in [-0.05, 0) is 32.4 Å². The molecular weight excluding hydrogens is 238 g/mol. The van der Waals surface area contributed by atoms with Crippen molar-refractivity contribution < 1.29 is 4.79 Å². The molecule has 0 heterocycles. The maximum absolute atomic E-state index is 12.0. The molecule has 114 valence electrons. The fraction of sp³-hybridized carbons (Fsp3) is 0.933. The summed E-state index contributed by atoms with van der Waals surface area (Å²) in [5.74, 6) is 1.03. The predicted molar refractivity (Wildman–Crippen MR) is 82.0 cm³/mol. The maximum atomic E-state index is 12.0. The highest BCUT2D eigenvalue weighted by atomic mass is 16.2. The lowest BCUT2D eigenvalue weighted by atomic mass is 9.93. The quantitative estimate of drug-likeness (QED) is 0.673. The summed E-state index contributed by atoms with van der Waals surface area (Å²) < 4.78 is 0. The molecule has 0 bridgehead atoms. The van der Waals surface area contributed by atoms with Crippen molar-refractivity contribution in [2.24, 2.45) is 17.6 Å². The van der Waals surface area contributed by atoms with E-state index in [1.807, 2.05) is 0 Å². The minimum Gasteiger partial charge on any atom is -0.353 e. The smallest absolute Gasteiger partial charge is 0.236 e. The van der Waals surface area contributed by atoms with E-state index in [1.165, 1.54) is 0 Å². The van der Waals surface area contributed by atoms with Gasteiger partial charge in [0.15, 0.2) is 0 Å². The van der Waals surface area contributed by atoms with Crippen LogP contribution in [0, 0.1) is 11.8 Å². The molecule has 1 unspecified atom stereocenters. The lowest BCUT2D eigenvalue weighted by molar-refractivity contribution is -0.123. The van der Waals surface area contributed by atoms with Crippen LogP contribution in [0.2, 0.25) is 0 Å². The third-order valence-corrected chi connectivity index (χ3v) is 3.80. The molecule has 0 aromatic carbocycles. The molecule has 0 aromatic heterocycles. The summed E-state index contributed by atoms with van der Waals surface area (Å²) in [5, 5.41) is 3.01. The number of nitrogens with two attached hydrogens (primary N) is 1. The van der Waals surface area contributed by atoms with E-state index in [4.69, 9.17) is 5.73 Å². The fourth-order valence-electron chi connectivity index (χ4n) is 2.55. The zero-order chi connectivity index (χ0) is 15.0. The van der Waals surface area contributed by atoms with Crippen LogP contribution in [0.25, 0.3) is 0 Å². The van der Waals surface area contributed by atoms with E-state index in [1.54, 1.807) is 0 Å². The largest absolute Gasteiger partial charge is 0.353 e. The molecular formula is C15H33N3O. The van der Waals surface area contributed by atoms with Gasteiger partial charge in [0.1, 0.15) is 0 Å². The van der Waals surface area contributed by atoms with Crippen LogP contribution in [0.4, 0.5) is 0 Å². The van der Waals surface area contributed by atoms with Gasteiger partial charge in [0.25, 0.3) is 0 Å². The van der Waals surface area contributed by atoms with Gasteiger partial charge in [-0.25, -0.2) is 0 Å². The van der Waals surface area contributed by atoms with Gasteiger partial charge in [0.05, 0.1) is 6.04 Å². The van der Waals surface area contributed by atoms with Crippen LogP contribution in [0.15, 0.2) is 0 Å². The van der Waals surface area contributed by atoms with Crippen molar-refractivity contribution in [3.05, 3.63) is 0 Å². The standard InChI is InChI=1S/C15H33N3O/c1-7-12(8-2)14(18(5)6)10-17-15(19)13(16)9-11(3)4/h11-14H,7-10,16H2,1-6H3,(H,17,19)/t13-,14?/m1/s1. The molecule has 0 saturated heterocycles. The van der Waals surface area contributed by atoms with Gasteiger partial charge in [-0.3, -0.25) is 4.79 Å². The molecule has 1 amide bonds. The Balaban J connectivity index is 4.36. The van der Waals surface area contributed by atoms with E-state index < -0.39 is 0 Å². The third-order valence-electron chi connectivity index (χ3n) is 3.80. The van der Waals surface area contributed by atoms with Crippen molar-refractivity contribution in [3.8, 4) is 0 Å². The highest BCUT2D eigenvalue weighted by molar-refractivity contribution is 5.81. The first-order chi connectivity index (χ1) is 8.83. The topological polar surface area (TPSA) is 58.4 Å². The number of nitrogens with one attached hydrogen (secondary N) is 1. The number of carbonyl (C=O) groups excluding carboxylic acids is 1. The van der Waals surface area contributed by atoms with E-state index in [9.17, 15) is 4.79 Å². The molecule has 0 aromatic rings. The van der Waals surface area contributed by atoms with Crippen LogP contribution >= 0.6 is 0 Å². The van der Waals surface area contributed by atoms with Crippen molar-refractivity contribution in [1.29, 1.82) is 0 Å². The molecule has 0 aliphatic carbocycles. The number of carbonyl (C=O) groups is 1. The minimum atomic E-state index is -0.385. The van der Waals surface area contributed by atoms with Crippen LogP contribution in [-0.4, -0.2) is 43.5 Å². The van der Waals surface area contributed by atoms with Gasteiger partial charge in [-0.15, -0.1) is 0 Å². The Morgan fingerprint density at radius 1 is 1.21 bits per heavy atom. The SMILES string of the molecule is CCC(CC)C(CNC(=O)[C@H](N)CC(C)C)N(C)C. The Morgan fingerprint density at radius 2 is 1.74 bits per heavy atom. The van der Waals surface area contributed by atoms with Gasteiger partial charge >= 0.3 is 0 Å². The Hall–Kier alpha value is -0.610. The summed E-state index contributed by atoms with van der Waals surface area (Å²) in [6, 6.07) is -0.00489. The lowest BCUT2D eigenvalue weighted by Gasteiger charge is -2.31. The third kappa shape index (κ3) is 6.92. The molecule has 0 saturated carbocycles. The van der Waals surface area contributed by atoms with Crippen molar-refractivity contribution in [2.45, 2.75) is 59.0 Å². The minimum absolute atomic E-state index is 0.0218. The summed E-state index contributed by atoms with van der Waals surface area (Å²) in [5.41, 5.74) is 5.90. The summed E-state index contributed by atoms with van der Waals surface area (Å²) in [6.45, 7) is 9.26. The van der Waals surface area contributed by atoms with Crippen LogP contribution in [0.3, 0.4) is 0 Å². The van der Waals surface area contributed by atoms with E-state index in [0.717, 1.165) is 19.3 Å². The van der Waals surface area contributed by atoms with Crippen LogP contribution in [-0.2, 0) is 4.79 Å². The Labute approximate surface area is 119 Å². The second-order valence-corrected chi connectivity index (χ2v) is 6.09. The second kappa shape index (κ2) is 9.32. The van der Waals surface area contributed by atoms with Crippen LogP contribution in [0.1, 0.15) is 47.0 Å². The first-order valence-corrected chi connectivity index (χ1v) is 7.53. The number of likely N-dealkylation sites (N-methyl/N-ethyl adjacent to an activating group) is 1. The van der Waals surface area contributed by atoms with Gasteiger partial charge in [0.2, 0.25) is 5.91 Å². The normalized spacial score (nSPS) is 15.1. The molecule has 2 atom stereocenters. The van der Waals surface area contributed by atoms with E-state index >= 15 is 0 Å². The zero-order valence-corrected chi connectivity index (χ0v) is 13.6. The van der Waals surface area contributed by atoms with E-state index in [0.29, 0.717) is 24.4 Å². The number of amides is 1. The van der Waals surface area contributed by atoms with Crippen molar-refractivity contribution in [3.63, 3.8) is 0 Å². The molecule has 0 spiro atoms. The molecule has 4 heteroatoms. The highest BCUT2D eigenvalue weighted by Gasteiger charge is 2.22. The Bertz CT molecular complexity index is 250. The first-order valence-electron chi connectivity index (χ1n) is 7.53. The Kier molecular flexibility index (Phi) is 9.02. The number of nitrogens with zero attached hydrogens (tertiary/aromatic N) is 1. The van der Waals surface area contributed by atoms with Crippen LogP contribution < -0.4 is 11.1 Å². The summed E-state index contributed by atoms with van der Waals surface area (Å²) in [6.07, 6.45) is 3.00. The molecule has 3 N–H and O–H groups in total. The van der Waals surface area contributed by atoms with Crippen molar-refractivity contribution in [2.75, 3.05) is 20.6 Å². The molecule has 0 aliphatic heterocycles. The maximum Gasteiger partial charge on any atom is 0.236 e. The molecule has 0 rings (SSSR count). The van der Waals surface area contributed by atoms with Crippen molar-refractivity contribution in [1.82, 2.24) is 10.2 Å². The van der Waals surface area contributed by atoms with E-state index in [-0.39, 0.29) is 11.9 Å². The fourth-order valence-corrected chi connectivity index (χ4v) is 2.55. The summed E-state index contributed by atoms with van der Waals surface area (Å²) in [7, 11) is 4.15. The van der Waals surface area contributed by atoms with Crippen LogP contribution in [0.5, 0.6) is 0 Å². The predicted octanol–water partition coefficient (Wildman–Crippen LogP) is 1.84. The van der Waals surface area contributed by atoms with Gasteiger partial charge < -0.3 is 16.0 Å². The first kappa shape index (κ1) is 18.4. The second-order valence-electron chi connectivity index (χ2n) is 6.09. The molecule has 19 heavy (non-hydrogen) atoms. The average molecular weight is 271 g/mol. The Morgan fingerprint density at radius 3 is 2.11 bits per heavy atom. The lowest BCUT2D eigenvalue weighted by Crippen LogP contribution is -2.49. The van der Waals surface area contributed by atoms with E-state index in [2.05, 4.69) is 52.0 Å². The zero-order valence-electron chi connectivity index (χ0n) is 13.6. The number of hydrogen-bond acceptors (Lipinski definition) is 3. The highest BCUT2D eigenvalue weighted by Crippen LogP contribution is 2.16. The van der Waals surface area contributed by atoms with Gasteiger partial charge in [0, 0.05) is 12.6 Å². The molecule has 0 radical (unpaired) electrons. The molecule has 0 aliphatic rings. The summed E-state index contributed by atoms with van der Waals surface area (Å²) in [4.78, 5) is 14.2. The van der Waals surface area contributed by atoms with Gasteiger partial charge in [-0.1, -0.05) is 40.5 Å². The number of rotatable bonds is 9. The number of hydrogen-bond donors (Lipinski definition) is 2. The average Bonchev–Trinajstić information content (AvgIpc) is 2.32. The van der Waals surface area contributed by atoms with Crippen molar-refractivity contribution >= 4 is 5.91 Å². The molecule has 4 nitrogen and oxygen atoms in total. The monoisotopic (exact) mass is 271 g/mol.